The zero-order chi connectivity index (χ0) is 18.0. The number of sulfonamides is 1. The van der Waals surface area contributed by atoms with Gasteiger partial charge in [-0.1, -0.05) is 0 Å². The van der Waals surface area contributed by atoms with Crippen LogP contribution in [0.1, 0.15) is 12.8 Å². The van der Waals surface area contributed by atoms with Crippen molar-refractivity contribution < 1.29 is 8.42 Å². The summed E-state index contributed by atoms with van der Waals surface area (Å²) in [5, 5.41) is 4.64. The molecule has 1 aliphatic heterocycles. The Hall–Kier alpha value is -1.62. The zero-order valence-corrected chi connectivity index (χ0v) is 15.9. The summed E-state index contributed by atoms with van der Waals surface area (Å²) in [7, 11) is -1.30. The van der Waals surface area contributed by atoms with Gasteiger partial charge in [-0.3, -0.25) is 9.88 Å². The first kappa shape index (κ1) is 18.2. The van der Waals surface area contributed by atoms with Gasteiger partial charge in [0.2, 0.25) is 10.0 Å². The number of hydrogen-bond donors (Lipinski definition) is 1. The van der Waals surface area contributed by atoms with Crippen molar-refractivity contribution in [3.05, 3.63) is 29.3 Å². The van der Waals surface area contributed by atoms with E-state index in [9.17, 15) is 8.42 Å². The van der Waals surface area contributed by atoms with Crippen molar-refractivity contribution in [2.75, 3.05) is 19.3 Å². The maximum atomic E-state index is 11.5. The molecule has 3 heterocycles. The SMILES string of the molecule is Cn1c(-c2ccncc2)nn(CN2CCCC(NS(C)(=O)=O)C2)c1=S. The third-order valence-corrected chi connectivity index (χ3v) is 5.45. The van der Waals surface area contributed by atoms with Gasteiger partial charge < -0.3 is 4.57 Å². The highest BCUT2D eigenvalue weighted by Crippen LogP contribution is 2.17. The maximum absolute atomic E-state index is 11.5. The molecule has 1 aliphatic rings. The summed E-state index contributed by atoms with van der Waals surface area (Å²) in [5.41, 5.74) is 0.956. The van der Waals surface area contributed by atoms with Gasteiger partial charge in [0.05, 0.1) is 12.9 Å². The molecule has 0 amide bonds. The predicted octanol–water partition coefficient (Wildman–Crippen LogP) is 0.984. The average Bonchev–Trinajstić information content (AvgIpc) is 2.83. The topological polar surface area (TPSA) is 85.1 Å². The summed E-state index contributed by atoms with van der Waals surface area (Å²) in [5.74, 6) is 0.787. The van der Waals surface area contributed by atoms with Crippen LogP contribution in [0.5, 0.6) is 0 Å². The Bertz CT molecular complexity index is 890. The molecule has 0 bridgehead atoms. The number of nitrogens with zero attached hydrogens (tertiary/aromatic N) is 5. The molecule has 3 rings (SSSR count). The lowest BCUT2D eigenvalue weighted by Gasteiger charge is -2.32. The largest absolute Gasteiger partial charge is 0.303 e. The van der Waals surface area contributed by atoms with E-state index in [0.29, 0.717) is 18.0 Å². The van der Waals surface area contributed by atoms with E-state index in [1.54, 1.807) is 17.1 Å². The van der Waals surface area contributed by atoms with Crippen molar-refractivity contribution >= 4 is 22.2 Å². The van der Waals surface area contributed by atoms with Crippen molar-refractivity contribution in [3.8, 4) is 11.4 Å². The monoisotopic (exact) mass is 382 g/mol. The third-order valence-electron chi connectivity index (χ3n) is 4.20. The van der Waals surface area contributed by atoms with Crippen LogP contribution >= 0.6 is 12.2 Å². The average molecular weight is 383 g/mol. The molecular weight excluding hydrogens is 360 g/mol. The van der Waals surface area contributed by atoms with Crippen LogP contribution in [0, 0.1) is 4.77 Å². The van der Waals surface area contributed by atoms with Gasteiger partial charge in [0, 0.05) is 44.1 Å². The van der Waals surface area contributed by atoms with Gasteiger partial charge in [-0.15, -0.1) is 0 Å². The van der Waals surface area contributed by atoms with Crippen molar-refractivity contribution in [2.24, 2.45) is 7.05 Å². The number of aromatic nitrogens is 4. The second kappa shape index (κ2) is 7.32. The van der Waals surface area contributed by atoms with Crippen LogP contribution in [0.15, 0.2) is 24.5 Å². The Morgan fingerprint density at radius 3 is 2.76 bits per heavy atom. The summed E-state index contributed by atoms with van der Waals surface area (Å²) in [6.45, 7) is 2.08. The van der Waals surface area contributed by atoms with Crippen molar-refractivity contribution in [3.63, 3.8) is 0 Å². The van der Waals surface area contributed by atoms with Crippen LogP contribution in [0.25, 0.3) is 11.4 Å². The minimum absolute atomic E-state index is 0.0682. The number of likely N-dealkylation sites (tertiary alicyclic amines) is 1. The van der Waals surface area contributed by atoms with Crippen molar-refractivity contribution in [1.82, 2.24) is 29.0 Å². The van der Waals surface area contributed by atoms with Gasteiger partial charge >= 0.3 is 0 Å². The van der Waals surface area contributed by atoms with E-state index >= 15 is 0 Å². The van der Waals surface area contributed by atoms with Crippen LogP contribution in [0.4, 0.5) is 0 Å². The normalized spacial score (nSPS) is 19.2. The lowest BCUT2D eigenvalue weighted by atomic mass is 10.1. The smallest absolute Gasteiger partial charge is 0.208 e. The van der Waals surface area contributed by atoms with Gasteiger partial charge in [0.25, 0.3) is 0 Å². The minimum Gasteiger partial charge on any atom is -0.303 e. The quantitative estimate of drug-likeness (QED) is 0.776. The Labute approximate surface area is 152 Å². The van der Waals surface area contributed by atoms with Crippen LogP contribution < -0.4 is 4.72 Å². The third kappa shape index (κ3) is 4.51. The molecule has 1 saturated heterocycles. The standard InChI is InChI=1S/C15H22N6O2S2/c1-19-14(12-5-7-16-8-6-12)17-21(15(19)24)11-20-9-3-4-13(10-20)18-25(2,22)23/h5-8,13,18H,3-4,9-11H2,1-2H3. The van der Waals surface area contributed by atoms with Crippen LogP contribution in [-0.4, -0.2) is 58.0 Å². The van der Waals surface area contributed by atoms with E-state index < -0.39 is 10.0 Å². The Balaban J connectivity index is 1.76. The van der Waals surface area contributed by atoms with Crippen LogP contribution in [-0.2, 0) is 23.7 Å². The molecule has 0 saturated carbocycles. The summed E-state index contributed by atoms with van der Waals surface area (Å²) < 4.78 is 29.9. The molecule has 1 atom stereocenters. The zero-order valence-electron chi connectivity index (χ0n) is 14.3. The molecule has 1 fully saturated rings. The van der Waals surface area contributed by atoms with E-state index in [-0.39, 0.29) is 6.04 Å². The second-order valence-electron chi connectivity index (χ2n) is 6.35. The first-order valence-corrected chi connectivity index (χ1v) is 10.4. The highest BCUT2D eigenvalue weighted by Gasteiger charge is 2.23. The molecule has 0 aromatic carbocycles. The highest BCUT2D eigenvalue weighted by atomic mass is 32.2. The van der Waals surface area contributed by atoms with E-state index in [0.717, 1.165) is 30.8 Å². The fraction of sp³-hybridized carbons (Fsp3) is 0.533. The molecule has 136 valence electrons. The van der Waals surface area contributed by atoms with Crippen molar-refractivity contribution in [1.29, 1.82) is 0 Å². The number of hydrogen-bond acceptors (Lipinski definition) is 6. The van der Waals surface area contributed by atoms with E-state index in [2.05, 4.69) is 19.7 Å². The van der Waals surface area contributed by atoms with E-state index in [4.69, 9.17) is 12.2 Å². The Morgan fingerprint density at radius 2 is 2.08 bits per heavy atom. The second-order valence-corrected chi connectivity index (χ2v) is 8.49. The van der Waals surface area contributed by atoms with Gasteiger partial charge in [-0.2, -0.15) is 5.10 Å². The fourth-order valence-corrected chi connectivity index (χ4v) is 4.09. The molecule has 25 heavy (non-hydrogen) atoms. The van der Waals surface area contributed by atoms with E-state index in [1.807, 2.05) is 23.7 Å². The number of pyridine rings is 1. The first-order valence-electron chi connectivity index (χ1n) is 8.07. The molecule has 1 unspecified atom stereocenters. The molecule has 10 heteroatoms. The van der Waals surface area contributed by atoms with Crippen LogP contribution in [0.3, 0.4) is 0 Å². The lowest BCUT2D eigenvalue weighted by molar-refractivity contribution is 0.152. The number of nitrogens with one attached hydrogen (secondary N) is 1. The lowest BCUT2D eigenvalue weighted by Crippen LogP contribution is -2.47. The summed E-state index contributed by atoms with van der Waals surface area (Å²) in [4.78, 5) is 6.20. The Kier molecular flexibility index (Phi) is 5.32. The van der Waals surface area contributed by atoms with Crippen LogP contribution in [0.2, 0.25) is 0 Å². The van der Waals surface area contributed by atoms with Gasteiger partial charge in [-0.05, 0) is 37.2 Å². The predicted molar refractivity (Wildman–Crippen MR) is 97.8 cm³/mol. The molecule has 0 spiro atoms. The summed E-state index contributed by atoms with van der Waals surface area (Å²) >= 11 is 5.51. The molecular formula is C15H22N6O2S2. The first-order chi connectivity index (χ1) is 11.8. The van der Waals surface area contributed by atoms with Gasteiger partial charge in [0.1, 0.15) is 0 Å². The maximum Gasteiger partial charge on any atom is 0.208 e. The molecule has 8 nitrogen and oxygen atoms in total. The van der Waals surface area contributed by atoms with Gasteiger partial charge in [-0.25, -0.2) is 17.8 Å². The molecule has 0 radical (unpaired) electrons. The highest BCUT2D eigenvalue weighted by molar-refractivity contribution is 7.88. The summed E-state index contributed by atoms with van der Waals surface area (Å²) in [6.07, 6.45) is 6.43. The molecule has 2 aromatic heterocycles. The Morgan fingerprint density at radius 1 is 1.36 bits per heavy atom. The van der Waals surface area contributed by atoms with Crippen molar-refractivity contribution in [2.45, 2.75) is 25.6 Å². The summed E-state index contributed by atoms with van der Waals surface area (Å²) in [6, 6.07) is 3.73. The molecule has 2 aromatic rings. The fourth-order valence-electron chi connectivity index (χ4n) is 3.10. The molecule has 0 aliphatic carbocycles. The molecule has 1 N–H and O–H groups in total. The van der Waals surface area contributed by atoms with E-state index in [1.165, 1.54) is 6.26 Å². The number of rotatable bonds is 5. The minimum atomic E-state index is -3.20. The number of piperidine rings is 1. The van der Waals surface area contributed by atoms with Gasteiger partial charge in [0.15, 0.2) is 10.6 Å².